The number of pyridine rings is 1. The van der Waals surface area contributed by atoms with E-state index in [1.807, 2.05) is 6.07 Å². The molecule has 0 aliphatic rings. The SMILES string of the molecule is FC(F)Oc1c(Br)cc(Cl)cc1NCc1cccnc1. The molecule has 3 nitrogen and oxygen atoms in total. The van der Waals surface area contributed by atoms with Crippen LogP contribution in [0.15, 0.2) is 41.1 Å². The molecule has 1 aromatic heterocycles. The lowest BCUT2D eigenvalue weighted by molar-refractivity contribution is -0.0498. The molecule has 0 aliphatic carbocycles. The van der Waals surface area contributed by atoms with Gasteiger partial charge in [-0.05, 0) is 39.7 Å². The summed E-state index contributed by atoms with van der Waals surface area (Å²) >= 11 is 9.07. The van der Waals surface area contributed by atoms with E-state index in [-0.39, 0.29) is 5.75 Å². The average molecular weight is 364 g/mol. The zero-order valence-corrected chi connectivity index (χ0v) is 12.5. The number of aromatic nitrogens is 1. The molecule has 1 aromatic carbocycles. The number of rotatable bonds is 5. The van der Waals surface area contributed by atoms with Gasteiger partial charge in [-0.3, -0.25) is 4.98 Å². The molecule has 0 spiro atoms. The topological polar surface area (TPSA) is 34.1 Å². The molecule has 2 rings (SSSR count). The van der Waals surface area contributed by atoms with E-state index in [1.165, 1.54) is 12.1 Å². The second-order valence-electron chi connectivity index (χ2n) is 3.86. The Labute approximate surface area is 128 Å². The Morgan fingerprint density at radius 3 is 2.85 bits per heavy atom. The summed E-state index contributed by atoms with van der Waals surface area (Å²) in [4.78, 5) is 3.98. The third-order valence-electron chi connectivity index (χ3n) is 2.42. The summed E-state index contributed by atoms with van der Waals surface area (Å²) in [5.41, 5.74) is 1.29. The highest BCUT2D eigenvalue weighted by Crippen LogP contribution is 2.37. The third kappa shape index (κ3) is 4.05. The van der Waals surface area contributed by atoms with Crippen LogP contribution in [0.25, 0.3) is 0 Å². The number of halogens is 4. The van der Waals surface area contributed by atoms with Crippen molar-refractivity contribution >= 4 is 33.2 Å². The van der Waals surface area contributed by atoms with Crippen LogP contribution in [-0.2, 0) is 6.54 Å². The summed E-state index contributed by atoms with van der Waals surface area (Å²) in [5, 5.41) is 3.41. The van der Waals surface area contributed by atoms with Crippen LogP contribution in [0.4, 0.5) is 14.5 Å². The van der Waals surface area contributed by atoms with Crippen molar-refractivity contribution < 1.29 is 13.5 Å². The summed E-state index contributed by atoms with van der Waals surface area (Å²) in [6.07, 6.45) is 3.34. The van der Waals surface area contributed by atoms with Crippen molar-refractivity contribution in [2.24, 2.45) is 0 Å². The van der Waals surface area contributed by atoms with Gasteiger partial charge in [0.2, 0.25) is 0 Å². The molecule has 0 bridgehead atoms. The summed E-state index contributed by atoms with van der Waals surface area (Å²) in [5.74, 6) is 0.0216. The molecule has 1 N–H and O–H groups in total. The van der Waals surface area contributed by atoms with E-state index in [9.17, 15) is 8.78 Å². The lowest BCUT2D eigenvalue weighted by Gasteiger charge is -2.15. The van der Waals surface area contributed by atoms with Gasteiger partial charge in [-0.1, -0.05) is 17.7 Å². The highest BCUT2D eigenvalue weighted by molar-refractivity contribution is 9.10. The highest BCUT2D eigenvalue weighted by Gasteiger charge is 2.14. The Morgan fingerprint density at radius 1 is 1.40 bits per heavy atom. The van der Waals surface area contributed by atoms with Gasteiger partial charge in [0.25, 0.3) is 0 Å². The first-order chi connectivity index (χ1) is 9.56. The summed E-state index contributed by atoms with van der Waals surface area (Å²) in [6, 6.07) is 6.68. The van der Waals surface area contributed by atoms with Gasteiger partial charge in [0.05, 0.1) is 10.2 Å². The molecule has 0 unspecified atom stereocenters. The van der Waals surface area contributed by atoms with E-state index in [4.69, 9.17) is 11.6 Å². The summed E-state index contributed by atoms with van der Waals surface area (Å²) < 4.78 is 29.7. The predicted molar refractivity (Wildman–Crippen MR) is 77.3 cm³/mol. The second-order valence-corrected chi connectivity index (χ2v) is 5.15. The molecule has 1 heterocycles. The van der Waals surface area contributed by atoms with Crippen LogP contribution in [0.2, 0.25) is 5.02 Å². The fourth-order valence-electron chi connectivity index (χ4n) is 1.60. The van der Waals surface area contributed by atoms with Gasteiger partial charge in [0, 0.05) is 24.0 Å². The van der Waals surface area contributed by atoms with Crippen LogP contribution in [0.3, 0.4) is 0 Å². The average Bonchev–Trinajstić information content (AvgIpc) is 2.40. The zero-order valence-electron chi connectivity index (χ0n) is 10.1. The van der Waals surface area contributed by atoms with Gasteiger partial charge in [-0.2, -0.15) is 8.78 Å². The summed E-state index contributed by atoms with van der Waals surface area (Å²) in [6.45, 7) is -2.49. The summed E-state index contributed by atoms with van der Waals surface area (Å²) in [7, 11) is 0. The first-order valence-corrected chi connectivity index (χ1v) is 6.80. The number of nitrogens with zero attached hydrogens (tertiary/aromatic N) is 1. The molecular formula is C13H10BrClF2N2O. The van der Waals surface area contributed by atoms with Gasteiger partial charge in [0.15, 0.2) is 5.75 Å². The minimum Gasteiger partial charge on any atom is -0.431 e. The Hall–Kier alpha value is -1.40. The molecule has 0 aliphatic heterocycles. The maximum Gasteiger partial charge on any atom is 0.387 e. The Morgan fingerprint density at radius 2 is 2.20 bits per heavy atom. The quantitative estimate of drug-likeness (QED) is 0.835. The van der Waals surface area contributed by atoms with Crippen LogP contribution in [0, 0.1) is 0 Å². The van der Waals surface area contributed by atoms with Crippen molar-refractivity contribution in [3.05, 3.63) is 51.7 Å². The Balaban J connectivity index is 2.21. The molecule has 106 valence electrons. The second kappa shape index (κ2) is 6.85. The minimum absolute atomic E-state index is 0.0216. The fourth-order valence-corrected chi connectivity index (χ4v) is 2.50. The van der Waals surface area contributed by atoms with Crippen molar-refractivity contribution in [1.82, 2.24) is 4.98 Å². The number of benzene rings is 1. The smallest absolute Gasteiger partial charge is 0.387 e. The van der Waals surface area contributed by atoms with E-state index >= 15 is 0 Å². The van der Waals surface area contributed by atoms with E-state index < -0.39 is 6.61 Å². The molecule has 0 fully saturated rings. The van der Waals surface area contributed by atoms with Crippen LogP contribution < -0.4 is 10.1 Å². The van der Waals surface area contributed by atoms with E-state index in [1.54, 1.807) is 18.5 Å². The maximum atomic E-state index is 12.4. The number of ether oxygens (including phenoxy) is 1. The molecule has 20 heavy (non-hydrogen) atoms. The molecule has 0 atom stereocenters. The van der Waals surface area contributed by atoms with E-state index in [0.29, 0.717) is 21.7 Å². The normalized spacial score (nSPS) is 10.7. The van der Waals surface area contributed by atoms with E-state index in [0.717, 1.165) is 5.56 Å². The van der Waals surface area contributed by atoms with Crippen LogP contribution in [0.5, 0.6) is 5.75 Å². The molecule has 0 saturated heterocycles. The van der Waals surface area contributed by atoms with Gasteiger partial charge in [-0.15, -0.1) is 0 Å². The fraction of sp³-hybridized carbons (Fsp3) is 0.154. The van der Waals surface area contributed by atoms with Gasteiger partial charge < -0.3 is 10.1 Å². The number of hydrogen-bond acceptors (Lipinski definition) is 3. The minimum atomic E-state index is -2.91. The third-order valence-corrected chi connectivity index (χ3v) is 3.23. The molecule has 7 heteroatoms. The number of nitrogens with one attached hydrogen (secondary N) is 1. The van der Waals surface area contributed by atoms with Crippen molar-refractivity contribution in [1.29, 1.82) is 0 Å². The molecule has 0 saturated carbocycles. The molecule has 0 radical (unpaired) electrons. The van der Waals surface area contributed by atoms with Crippen LogP contribution in [0.1, 0.15) is 5.56 Å². The van der Waals surface area contributed by atoms with Crippen molar-refractivity contribution in [2.75, 3.05) is 5.32 Å². The number of hydrogen-bond donors (Lipinski definition) is 1. The lowest BCUT2D eigenvalue weighted by atomic mass is 10.2. The predicted octanol–water partition coefficient (Wildman–Crippen LogP) is 4.71. The first kappa shape index (κ1) is 15.0. The van der Waals surface area contributed by atoms with Crippen molar-refractivity contribution in [3.63, 3.8) is 0 Å². The van der Waals surface area contributed by atoms with Crippen molar-refractivity contribution in [2.45, 2.75) is 13.2 Å². The first-order valence-electron chi connectivity index (χ1n) is 5.63. The van der Waals surface area contributed by atoms with Crippen molar-refractivity contribution in [3.8, 4) is 5.75 Å². The Bertz CT molecular complexity index is 584. The number of alkyl halides is 2. The molecular weight excluding hydrogens is 354 g/mol. The largest absolute Gasteiger partial charge is 0.431 e. The van der Waals surface area contributed by atoms with Gasteiger partial charge in [-0.25, -0.2) is 0 Å². The molecule has 2 aromatic rings. The van der Waals surface area contributed by atoms with Gasteiger partial charge in [0.1, 0.15) is 0 Å². The van der Waals surface area contributed by atoms with Crippen LogP contribution >= 0.6 is 27.5 Å². The van der Waals surface area contributed by atoms with Gasteiger partial charge >= 0.3 is 6.61 Å². The van der Waals surface area contributed by atoms with E-state index in [2.05, 4.69) is 31.0 Å². The highest BCUT2D eigenvalue weighted by atomic mass is 79.9. The standard InChI is InChI=1S/C13H10BrClF2N2O/c14-10-4-9(15)5-11(12(10)20-13(16)17)19-7-8-2-1-3-18-6-8/h1-6,13,19H,7H2. The monoisotopic (exact) mass is 362 g/mol. The zero-order chi connectivity index (χ0) is 14.5. The number of anilines is 1. The molecule has 0 amide bonds. The lowest BCUT2D eigenvalue weighted by Crippen LogP contribution is -2.07. The Kier molecular flexibility index (Phi) is 5.14. The van der Waals surface area contributed by atoms with Crippen LogP contribution in [-0.4, -0.2) is 11.6 Å². The maximum absolute atomic E-state index is 12.4.